The molecular formula is C15H29N3O. The van der Waals surface area contributed by atoms with Crippen LogP contribution in [0.4, 0.5) is 0 Å². The van der Waals surface area contributed by atoms with Crippen molar-refractivity contribution < 1.29 is 4.79 Å². The van der Waals surface area contributed by atoms with Gasteiger partial charge in [0.1, 0.15) is 0 Å². The van der Waals surface area contributed by atoms with Gasteiger partial charge in [0.2, 0.25) is 5.91 Å². The Labute approximate surface area is 117 Å². The van der Waals surface area contributed by atoms with Gasteiger partial charge in [-0.05, 0) is 25.7 Å². The van der Waals surface area contributed by atoms with Gasteiger partial charge in [0, 0.05) is 32.2 Å². The van der Waals surface area contributed by atoms with Crippen LogP contribution in [0.5, 0.6) is 0 Å². The SMILES string of the molecule is CCC(N)(CC)C(=O)N1CCN(C2CCCC2)CC1. The van der Waals surface area contributed by atoms with Gasteiger partial charge < -0.3 is 10.6 Å². The van der Waals surface area contributed by atoms with Crippen LogP contribution >= 0.6 is 0 Å². The Balaban J connectivity index is 1.87. The Bertz CT molecular complexity index is 301. The molecule has 0 aromatic rings. The summed E-state index contributed by atoms with van der Waals surface area (Å²) in [6.07, 6.45) is 6.90. The first-order chi connectivity index (χ1) is 9.10. The Morgan fingerprint density at radius 3 is 2.11 bits per heavy atom. The molecule has 110 valence electrons. The molecule has 1 heterocycles. The van der Waals surface area contributed by atoms with E-state index in [9.17, 15) is 4.79 Å². The lowest BCUT2D eigenvalue weighted by atomic mass is 9.92. The normalized spacial score (nSPS) is 23.0. The molecule has 1 amide bonds. The van der Waals surface area contributed by atoms with E-state index >= 15 is 0 Å². The number of piperazine rings is 1. The topological polar surface area (TPSA) is 49.6 Å². The third-order valence-corrected chi connectivity index (χ3v) is 5.13. The van der Waals surface area contributed by atoms with Crippen molar-refractivity contribution in [2.45, 2.75) is 64.0 Å². The van der Waals surface area contributed by atoms with Gasteiger partial charge in [-0.1, -0.05) is 26.7 Å². The number of amides is 1. The molecule has 1 saturated heterocycles. The molecule has 0 spiro atoms. The molecule has 2 N–H and O–H groups in total. The van der Waals surface area contributed by atoms with E-state index in [0.29, 0.717) is 0 Å². The lowest BCUT2D eigenvalue weighted by molar-refractivity contribution is -0.139. The highest BCUT2D eigenvalue weighted by Crippen LogP contribution is 2.25. The van der Waals surface area contributed by atoms with Gasteiger partial charge in [-0.25, -0.2) is 0 Å². The molecule has 0 unspecified atom stereocenters. The van der Waals surface area contributed by atoms with Crippen LogP contribution in [-0.2, 0) is 4.79 Å². The predicted molar refractivity (Wildman–Crippen MR) is 77.9 cm³/mol. The van der Waals surface area contributed by atoms with Crippen molar-refractivity contribution in [3.05, 3.63) is 0 Å². The second kappa shape index (κ2) is 6.23. The number of carbonyl (C=O) groups is 1. The summed E-state index contributed by atoms with van der Waals surface area (Å²) in [4.78, 5) is 17.1. The number of nitrogens with two attached hydrogens (primary N) is 1. The second-order valence-electron chi connectivity index (χ2n) is 6.13. The minimum Gasteiger partial charge on any atom is -0.339 e. The minimum atomic E-state index is -0.643. The molecule has 2 aliphatic rings. The van der Waals surface area contributed by atoms with Crippen LogP contribution in [-0.4, -0.2) is 53.5 Å². The summed E-state index contributed by atoms with van der Waals surface area (Å²) >= 11 is 0. The third kappa shape index (κ3) is 3.11. The summed E-state index contributed by atoms with van der Waals surface area (Å²) in [5.74, 6) is 0.156. The molecule has 1 aliphatic heterocycles. The molecule has 1 saturated carbocycles. The van der Waals surface area contributed by atoms with E-state index in [0.717, 1.165) is 45.1 Å². The molecule has 1 aliphatic carbocycles. The highest BCUT2D eigenvalue weighted by Gasteiger charge is 2.36. The fourth-order valence-electron chi connectivity index (χ4n) is 3.43. The molecule has 2 rings (SSSR count). The minimum absolute atomic E-state index is 0.156. The van der Waals surface area contributed by atoms with Crippen molar-refractivity contribution in [1.82, 2.24) is 9.80 Å². The van der Waals surface area contributed by atoms with Gasteiger partial charge in [0.05, 0.1) is 5.54 Å². The fourth-order valence-corrected chi connectivity index (χ4v) is 3.43. The standard InChI is InChI=1S/C15H29N3O/c1-3-15(16,4-2)14(19)18-11-9-17(10-12-18)13-7-5-6-8-13/h13H,3-12,16H2,1-2H3. The number of nitrogens with zero attached hydrogens (tertiary/aromatic N) is 2. The summed E-state index contributed by atoms with van der Waals surface area (Å²) < 4.78 is 0. The predicted octanol–water partition coefficient (Wildman–Crippen LogP) is 1.59. The first-order valence-electron chi connectivity index (χ1n) is 7.93. The van der Waals surface area contributed by atoms with Gasteiger partial charge >= 0.3 is 0 Å². The molecular weight excluding hydrogens is 238 g/mol. The second-order valence-corrected chi connectivity index (χ2v) is 6.13. The van der Waals surface area contributed by atoms with E-state index in [1.54, 1.807) is 0 Å². The summed E-state index contributed by atoms with van der Waals surface area (Å²) in [5.41, 5.74) is 5.58. The number of rotatable bonds is 4. The van der Waals surface area contributed by atoms with Crippen molar-refractivity contribution >= 4 is 5.91 Å². The molecule has 4 heteroatoms. The van der Waals surface area contributed by atoms with Crippen LogP contribution in [0.15, 0.2) is 0 Å². The Morgan fingerprint density at radius 1 is 1.11 bits per heavy atom. The monoisotopic (exact) mass is 267 g/mol. The number of hydrogen-bond acceptors (Lipinski definition) is 3. The van der Waals surface area contributed by atoms with Crippen molar-refractivity contribution in [1.29, 1.82) is 0 Å². The molecule has 4 nitrogen and oxygen atoms in total. The molecule has 19 heavy (non-hydrogen) atoms. The van der Waals surface area contributed by atoms with E-state index in [1.807, 2.05) is 18.7 Å². The lowest BCUT2D eigenvalue weighted by Crippen LogP contribution is -2.59. The Hall–Kier alpha value is -0.610. The molecule has 0 aromatic carbocycles. The van der Waals surface area contributed by atoms with Crippen LogP contribution in [0.2, 0.25) is 0 Å². The maximum atomic E-state index is 12.5. The summed E-state index contributed by atoms with van der Waals surface area (Å²) in [6, 6.07) is 0.775. The zero-order chi connectivity index (χ0) is 13.9. The van der Waals surface area contributed by atoms with E-state index in [-0.39, 0.29) is 5.91 Å². The zero-order valence-electron chi connectivity index (χ0n) is 12.5. The highest BCUT2D eigenvalue weighted by molar-refractivity contribution is 5.86. The largest absolute Gasteiger partial charge is 0.339 e. The molecule has 0 aromatic heterocycles. The smallest absolute Gasteiger partial charge is 0.242 e. The third-order valence-electron chi connectivity index (χ3n) is 5.13. The average Bonchev–Trinajstić information content (AvgIpc) is 3.00. The van der Waals surface area contributed by atoms with Crippen LogP contribution in [0, 0.1) is 0 Å². The Morgan fingerprint density at radius 2 is 1.63 bits per heavy atom. The number of carbonyl (C=O) groups excluding carboxylic acids is 1. The fraction of sp³-hybridized carbons (Fsp3) is 0.933. The van der Waals surface area contributed by atoms with Crippen molar-refractivity contribution in [2.24, 2.45) is 5.73 Å². The zero-order valence-corrected chi connectivity index (χ0v) is 12.5. The van der Waals surface area contributed by atoms with Gasteiger partial charge in [0.15, 0.2) is 0 Å². The van der Waals surface area contributed by atoms with Crippen LogP contribution in [0.3, 0.4) is 0 Å². The van der Waals surface area contributed by atoms with Gasteiger partial charge in [-0.15, -0.1) is 0 Å². The molecule has 2 fully saturated rings. The van der Waals surface area contributed by atoms with E-state index in [2.05, 4.69) is 4.90 Å². The first-order valence-corrected chi connectivity index (χ1v) is 7.93. The quantitative estimate of drug-likeness (QED) is 0.841. The maximum absolute atomic E-state index is 12.5. The highest BCUT2D eigenvalue weighted by atomic mass is 16.2. The van der Waals surface area contributed by atoms with Crippen LogP contribution < -0.4 is 5.73 Å². The molecule has 0 bridgehead atoms. The van der Waals surface area contributed by atoms with Gasteiger partial charge in [-0.3, -0.25) is 9.69 Å². The molecule has 0 radical (unpaired) electrons. The van der Waals surface area contributed by atoms with Crippen molar-refractivity contribution in [3.8, 4) is 0 Å². The average molecular weight is 267 g/mol. The van der Waals surface area contributed by atoms with Gasteiger partial charge in [0.25, 0.3) is 0 Å². The Kier molecular flexibility index (Phi) is 4.85. The van der Waals surface area contributed by atoms with Crippen molar-refractivity contribution in [2.75, 3.05) is 26.2 Å². The lowest BCUT2D eigenvalue weighted by Gasteiger charge is -2.41. The maximum Gasteiger partial charge on any atom is 0.242 e. The van der Waals surface area contributed by atoms with Crippen LogP contribution in [0.1, 0.15) is 52.4 Å². The summed E-state index contributed by atoms with van der Waals surface area (Å²) in [6.45, 7) is 7.79. The first kappa shape index (κ1) is 14.8. The van der Waals surface area contributed by atoms with E-state index in [1.165, 1.54) is 25.7 Å². The number of hydrogen-bond donors (Lipinski definition) is 1. The van der Waals surface area contributed by atoms with Crippen molar-refractivity contribution in [3.63, 3.8) is 0 Å². The van der Waals surface area contributed by atoms with Gasteiger partial charge in [-0.2, -0.15) is 0 Å². The van der Waals surface area contributed by atoms with E-state index < -0.39 is 5.54 Å². The summed E-state index contributed by atoms with van der Waals surface area (Å²) in [5, 5.41) is 0. The van der Waals surface area contributed by atoms with E-state index in [4.69, 9.17) is 5.73 Å². The van der Waals surface area contributed by atoms with Crippen LogP contribution in [0.25, 0.3) is 0 Å². The molecule has 0 atom stereocenters. The summed E-state index contributed by atoms with van der Waals surface area (Å²) in [7, 11) is 0.